The van der Waals surface area contributed by atoms with E-state index in [1.165, 1.54) is 0 Å². The second-order valence-corrected chi connectivity index (χ2v) is 6.25. The zero-order valence-corrected chi connectivity index (χ0v) is 15.0. The molecular formula is C20H23N3O3. The Balaban J connectivity index is 1.59. The van der Waals surface area contributed by atoms with Crippen LogP contribution in [0.4, 0.5) is 16.2 Å². The average Bonchev–Trinajstić information content (AvgIpc) is 2.98. The van der Waals surface area contributed by atoms with Gasteiger partial charge in [-0.05, 0) is 49.7 Å². The molecule has 0 saturated carbocycles. The first-order valence-corrected chi connectivity index (χ1v) is 8.73. The molecule has 0 radical (unpaired) electrons. The molecule has 6 nitrogen and oxygen atoms in total. The van der Waals surface area contributed by atoms with Crippen LogP contribution < -0.4 is 20.3 Å². The molecule has 3 amide bonds. The molecule has 2 aromatic carbocycles. The van der Waals surface area contributed by atoms with E-state index in [-0.39, 0.29) is 24.4 Å². The number of rotatable bonds is 5. The van der Waals surface area contributed by atoms with Gasteiger partial charge in [0, 0.05) is 24.3 Å². The largest absolute Gasteiger partial charge is 0.494 e. The van der Waals surface area contributed by atoms with Crippen molar-refractivity contribution in [3.05, 3.63) is 54.1 Å². The van der Waals surface area contributed by atoms with Gasteiger partial charge >= 0.3 is 6.03 Å². The molecule has 1 unspecified atom stereocenters. The van der Waals surface area contributed by atoms with Crippen LogP contribution in [0.25, 0.3) is 0 Å². The molecule has 26 heavy (non-hydrogen) atoms. The summed E-state index contributed by atoms with van der Waals surface area (Å²) in [7, 11) is 0. The minimum absolute atomic E-state index is 0.00430. The number of carbonyl (C=O) groups is 2. The summed E-state index contributed by atoms with van der Waals surface area (Å²) in [6.07, 6.45) is 0.286. The Morgan fingerprint density at radius 2 is 1.92 bits per heavy atom. The molecule has 3 rings (SSSR count). The quantitative estimate of drug-likeness (QED) is 0.866. The van der Waals surface area contributed by atoms with E-state index in [0.29, 0.717) is 13.2 Å². The third-order valence-electron chi connectivity index (χ3n) is 4.31. The third kappa shape index (κ3) is 4.14. The smallest absolute Gasteiger partial charge is 0.319 e. The van der Waals surface area contributed by atoms with Gasteiger partial charge < -0.3 is 20.3 Å². The molecular weight excluding hydrogens is 330 g/mol. The Kier molecular flexibility index (Phi) is 5.41. The van der Waals surface area contributed by atoms with Crippen molar-refractivity contribution >= 4 is 23.3 Å². The zero-order valence-electron chi connectivity index (χ0n) is 15.0. The van der Waals surface area contributed by atoms with Crippen molar-refractivity contribution in [2.24, 2.45) is 0 Å². The van der Waals surface area contributed by atoms with E-state index in [1.807, 2.05) is 62.4 Å². The van der Waals surface area contributed by atoms with Gasteiger partial charge in [0.15, 0.2) is 0 Å². The Bertz CT molecular complexity index is 789. The second kappa shape index (κ2) is 7.91. The molecule has 2 N–H and O–H groups in total. The van der Waals surface area contributed by atoms with Crippen molar-refractivity contribution in [3.8, 4) is 5.75 Å². The van der Waals surface area contributed by atoms with E-state index in [1.54, 1.807) is 4.90 Å². The van der Waals surface area contributed by atoms with E-state index in [0.717, 1.165) is 22.7 Å². The number of carbonyl (C=O) groups excluding carboxylic acids is 2. The highest BCUT2D eigenvalue weighted by molar-refractivity contribution is 5.97. The molecule has 6 heteroatoms. The lowest BCUT2D eigenvalue weighted by molar-refractivity contribution is -0.117. The molecule has 0 aliphatic carbocycles. The van der Waals surface area contributed by atoms with Crippen LogP contribution in [0.2, 0.25) is 0 Å². The van der Waals surface area contributed by atoms with Gasteiger partial charge in [-0.3, -0.25) is 4.79 Å². The first kappa shape index (κ1) is 17.8. The first-order valence-electron chi connectivity index (χ1n) is 8.73. The van der Waals surface area contributed by atoms with Crippen LogP contribution in [-0.2, 0) is 4.79 Å². The predicted molar refractivity (Wildman–Crippen MR) is 102 cm³/mol. The molecule has 1 aliphatic heterocycles. The van der Waals surface area contributed by atoms with Gasteiger partial charge in [-0.15, -0.1) is 0 Å². The summed E-state index contributed by atoms with van der Waals surface area (Å²) in [6, 6.07) is 14.5. The van der Waals surface area contributed by atoms with Crippen molar-refractivity contribution in [3.63, 3.8) is 0 Å². The number of ether oxygens (including phenoxy) is 1. The fraction of sp³-hybridized carbons (Fsp3) is 0.300. The lowest BCUT2D eigenvalue weighted by atomic mass is 10.2. The zero-order chi connectivity index (χ0) is 18.5. The molecule has 1 atom stereocenters. The van der Waals surface area contributed by atoms with Crippen LogP contribution in [0, 0.1) is 6.92 Å². The predicted octanol–water partition coefficient (Wildman–Crippen LogP) is 3.32. The molecule has 0 bridgehead atoms. The van der Waals surface area contributed by atoms with E-state index >= 15 is 0 Å². The van der Waals surface area contributed by atoms with E-state index in [9.17, 15) is 9.59 Å². The van der Waals surface area contributed by atoms with Gasteiger partial charge in [0.2, 0.25) is 5.91 Å². The van der Waals surface area contributed by atoms with Gasteiger partial charge in [0.1, 0.15) is 5.75 Å². The minimum Gasteiger partial charge on any atom is -0.494 e. The van der Waals surface area contributed by atoms with Crippen LogP contribution in [0.3, 0.4) is 0 Å². The van der Waals surface area contributed by atoms with Gasteiger partial charge in [0.25, 0.3) is 0 Å². The number of nitrogens with one attached hydrogen (secondary N) is 2. The van der Waals surface area contributed by atoms with Gasteiger partial charge in [-0.1, -0.05) is 18.2 Å². The minimum atomic E-state index is -0.300. The van der Waals surface area contributed by atoms with Crippen LogP contribution in [0.1, 0.15) is 18.9 Å². The van der Waals surface area contributed by atoms with Crippen molar-refractivity contribution < 1.29 is 14.3 Å². The van der Waals surface area contributed by atoms with E-state index in [4.69, 9.17) is 4.74 Å². The van der Waals surface area contributed by atoms with Gasteiger partial charge in [0.05, 0.1) is 12.6 Å². The maximum Gasteiger partial charge on any atom is 0.319 e. The van der Waals surface area contributed by atoms with Crippen LogP contribution >= 0.6 is 0 Å². The number of anilines is 2. The summed E-state index contributed by atoms with van der Waals surface area (Å²) >= 11 is 0. The Morgan fingerprint density at radius 3 is 2.62 bits per heavy atom. The van der Waals surface area contributed by atoms with Crippen molar-refractivity contribution in [1.82, 2.24) is 5.32 Å². The number of hydrogen-bond donors (Lipinski definition) is 2. The standard InChI is InChI=1S/C20H23N3O3/c1-3-26-17-10-8-16(9-11-17)23-13-15(12-19(23)24)21-20(25)22-18-7-5-4-6-14(18)2/h4-11,15H,3,12-13H2,1-2H3,(H2,21,22,25). The summed E-state index contributed by atoms with van der Waals surface area (Å²) in [5.74, 6) is 0.769. The van der Waals surface area contributed by atoms with E-state index < -0.39 is 0 Å². The van der Waals surface area contributed by atoms with Crippen LogP contribution in [-0.4, -0.2) is 31.1 Å². The summed E-state index contributed by atoms with van der Waals surface area (Å²) in [5.41, 5.74) is 2.56. The summed E-state index contributed by atoms with van der Waals surface area (Å²) in [5, 5.41) is 5.71. The maximum absolute atomic E-state index is 12.3. The number of hydrogen-bond acceptors (Lipinski definition) is 3. The lowest BCUT2D eigenvalue weighted by Crippen LogP contribution is -2.39. The Hall–Kier alpha value is -3.02. The van der Waals surface area contributed by atoms with Gasteiger partial charge in [-0.25, -0.2) is 4.79 Å². The van der Waals surface area contributed by atoms with Crippen LogP contribution in [0.5, 0.6) is 5.75 Å². The molecule has 2 aromatic rings. The van der Waals surface area contributed by atoms with E-state index in [2.05, 4.69) is 10.6 Å². The van der Waals surface area contributed by atoms with Crippen LogP contribution in [0.15, 0.2) is 48.5 Å². The third-order valence-corrected chi connectivity index (χ3v) is 4.31. The second-order valence-electron chi connectivity index (χ2n) is 6.25. The highest BCUT2D eigenvalue weighted by Gasteiger charge is 2.31. The van der Waals surface area contributed by atoms with Crippen molar-refractivity contribution in [2.75, 3.05) is 23.4 Å². The maximum atomic E-state index is 12.3. The van der Waals surface area contributed by atoms with Crippen molar-refractivity contribution in [2.45, 2.75) is 26.3 Å². The normalized spacial score (nSPS) is 16.5. The molecule has 1 aliphatic rings. The number of para-hydroxylation sites is 1. The lowest BCUT2D eigenvalue weighted by Gasteiger charge is -2.18. The number of nitrogens with zero attached hydrogens (tertiary/aromatic N) is 1. The molecule has 0 spiro atoms. The van der Waals surface area contributed by atoms with Gasteiger partial charge in [-0.2, -0.15) is 0 Å². The van der Waals surface area contributed by atoms with Crippen molar-refractivity contribution in [1.29, 1.82) is 0 Å². The highest BCUT2D eigenvalue weighted by atomic mass is 16.5. The summed E-state index contributed by atoms with van der Waals surface area (Å²) in [4.78, 5) is 26.2. The molecule has 0 aromatic heterocycles. The summed E-state index contributed by atoms with van der Waals surface area (Å²) < 4.78 is 5.42. The summed E-state index contributed by atoms with van der Waals surface area (Å²) in [6.45, 7) is 4.91. The number of amides is 3. The monoisotopic (exact) mass is 353 g/mol. The number of urea groups is 1. The molecule has 1 saturated heterocycles. The Morgan fingerprint density at radius 1 is 1.19 bits per heavy atom. The number of aryl methyl sites for hydroxylation is 1. The average molecular weight is 353 g/mol. The molecule has 1 fully saturated rings. The fourth-order valence-corrected chi connectivity index (χ4v) is 3.00. The SMILES string of the molecule is CCOc1ccc(N2CC(NC(=O)Nc3ccccc3C)CC2=O)cc1. The number of benzene rings is 2. The Labute approximate surface area is 153 Å². The molecule has 136 valence electrons. The first-order chi connectivity index (χ1) is 12.6. The molecule has 1 heterocycles. The fourth-order valence-electron chi connectivity index (χ4n) is 3.00. The topological polar surface area (TPSA) is 70.7 Å². The highest BCUT2D eigenvalue weighted by Crippen LogP contribution is 2.24.